The van der Waals surface area contributed by atoms with Crippen molar-refractivity contribution in [3.63, 3.8) is 0 Å². The number of hydrogen-bond acceptors (Lipinski definition) is 3. The van der Waals surface area contributed by atoms with Gasteiger partial charge in [-0.25, -0.2) is 4.79 Å². The fourth-order valence-corrected chi connectivity index (χ4v) is 2.72. The van der Waals surface area contributed by atoms with E-state index in [9.17, 15) is 14.7 Å². The molecule has 3 aromatic carbocycles. The normalized spacial score (nSPS) is 10.3. The van der Waals surface area contributed by atoms with Crippen molar-refractivity contribution >= 4 is 11.8 Å². The number of methoxy groups -OCH3 is 1. The highest BCUT2D eigenvalue weighted by molar-refractivity contribution is 6.17. The fourth-order valence-electron chi connectivity index (χ4n) is 2.72. The van der Waals surface area contributed by atoms with Gasteiger partial charge in [0.2, 0.25) is 0 Å². The molecule has 3 rings (SSSR count). The number of ether oxygens (including phenoxy) is 1. The predicted octanol–water partition coefficient (Wildman–Crippen LogP) is 4.29. The number of carboxylic acid groups (broad SMARTS) is 1. The Kier molecular flexibility index (Phi) is 4.61. The second-order valence-corrected chi connectivity index (χ2v) is 5.46. The smallest absolute Gasteiger partial charge is 0.336 e. The number of carboxylic acids is 1. The van der Waals surface area contributed by atoms with Crippen LogP contribution in [-0.2, 0) is 0 Å². The Morgan fingerprint density at radius 1 is 0.800 bits per heavy atom. The molecule has 4 nitrogen and oxygen atoms in total. The minimum absolute atomic E-state index is 0.0767. The van der Waals surface area contributed by atoms with E-state index in [0.29, 0.717) is 11.3 Å². The first-order valence-corrected chi connectivity index (χ1v) is 7.72. The van der Waals surface area contributed by atoms with Crippen molar-refractivity contribution in [1.29, 1.82) is 0 Å². The Bertz CT molecular complexity index is 930. The van der Waals surface area contributed by atoms with Crippen molar-refractivity contribution in [2.45, 2.75) is 0 Å². The first kappa shape index (κ1) is 16.5. The third-order valence-electron chi connectivity index (χ3n) is 3.96. The average Bonchev–Trinajstić information content (AvgIpc) is 2.67. The van der Waals surface area contributed by atoms with Crippen molar-refractivity contribution in [2.75, 3.05) is 7.11 Å². The highest BCUT2D eigenvalue weighted by Gasteiger charge is 2.21. The van der Waals surface area contributed by atoms with Gasteiger partial charge in [0.25, 0.3) is 0 Å². The van der Waals surface area contributed by atoms with Crippen molar-refractivity contribution in [3.8, 4) is 16.9 Å². The van der Waals surface area contributed by atoms with E-state index in [1.165, 1.54) is 19.2 Å². The molecule has 1 N–H and O–H groups in total. The SMILES string of the molecule is COc1ccc(C(=O)c2ccccc2-c2ccccc2)c(C(=O)O)c1. The second kappa shape index (κ2) is 7.01. The molecule has 0 bridgehead atoms. The largest absolute Gasteiger partial charge is 0.497 e. The van der Waals surface area contributed by atoms with Crippen LogP contribution >= 0.6 is 0 Å². The molecule has 0 aliphatic carbocycles. The number of rotatable bonds is 5. The summed E-state index contributed by atoms with van der Waals surface area (Å²) < 4.78 is 5.06. The number of benzene rings is 3. The molecule has 124 valence electrons. The van der Waals surface area contributed by atoms with Crippen LogP contribution in [0, 0.1) is 0 Å². The quantitative estimate of drug-likeness (QED) is 0.708. The lowest BCUT2D eigenvalue weighted by Crippen LogP contribution is -2.11. The van der Waals surface area contributed by atoms with Crippen LogP contribution in [-0.4, -0.2) is 24.0 Å². The summed E-state index contributed by atoms with van der Waals surface area (Å²) in [5.74, 6) is -1.11. The van der Waals surface area contributed by atoms with Gasteiger partial charge in [0.05, 0.1) is 12.7 Å². The number of carbonyl (C=O) groups excluding carboxylic acids is 1. The Morgan fingerprint density at radius 3 is 2.16 bits per heavy atom. The Balaban J connectivity index is 2.13. The predicted molar refractivity (Wildman–Crippen MR) is 95.3 cm³/mol. The van der Waals surface area contributed by atoms with Gasteiger partial charge in [-0.15, -0.1) is 0 Å². The highest BCUT2D eigenvalue weighted by Crippen LogP contribution is 2.27. The molecule has 25 heavy (non-hydrogen) atoms. The van der Waals surface area contributed by atoms with Crippen LogP contribution in [0.4, 0.5) is 0 Å². The maximum Gasteiger partial charge on any atom is 0.336 e. The molecule has 0 atom stereocenters. The minimum Gasteiger partial charge on any atom is -0.497 e. The number of hydrogen-bond donors (Lipinski definition) is 1. The van der Waals surface area contributed by atoms with E-state index in [1.807, 2.05) is 42.5 Å². The van der Waals surface area contributed by atoms with Gasteiger partial charge in [0, 0.05) is 11.1 Å². The van der Waals surface area contributed by atoms with Gasteiger partial charge in [-0.3, -0.25) is 4.79 Å². The lowest BCUT2D eigenvalue weighted by molar-refractivity contribution is 0.0692. The fraction of sp³-hybridized carbons (Fsp3) is 0.0476. The molecule has 0 aliphatic heterocycles. The van der Waals surface area contributed by atoms with E-state index < -0.39 is 5.97 Å². The summed E-state index contributed by atoms with van der Waals surface area (Å²) in [6.07, 6.45) is 0. The summed E-state index contributed by atoms with van der Waals surface area (Å²) in [5, 5.41) is 9.46. The van der Waals surface area contributed by atoms with Crippen molar-refractivity contribution in [1.82, 2.24) is 0 Å². The van der Waals surface area contributed by atoms with Crippen molar-refractivity contribution in [3.05, 3.63) is 89.5 Å². The Labute approximate surface area is 145 Å². The first-order valence-electron chi connectivity index (χ1n) is 7.72. The van der Waals surface area contributed by atoms with Gasteiger partial charge in [-0.05, 0) is 29.3 Å². The van der Waals surface area contributed by atoms with Crippen molar-refractivity contribution in [2.24, 2.45) is 0 Å². The van der Waals surface area contributed by atoms with Crippen LogP contribution in [0.5, 0.6) is 5.75 Å². The summed E-state index contributed by atoms with van der Waals surface area (Å²) in [6.45, 7) is 0. The molecule has 0 heterocycles. The molecule has 4 heteroatoms. The zero-order valence-corrected chi connectivity index (χ0v) is 13.6. The molecule has 0 aliphatic rings. The Hall–Kier alpha value is -3.40. The topological polar surface area (TPSA) is 63.6 Å². The van der Waals surface area contributed by atoms with E-state index in [1.54, 1.807) is 18.2 Å². The minimum atomic E-state index is -1.17. The third kappa shape index (κ3) is 3.28. The zero-order chi connectivity index (χ0) is 17.8. The zero-order valence-electron chi connectivity index (χ0n) is 13.6. The number of ketones is 1. The monoisotopic (exact) mass is 332 g/mol. The molecule has 0 aromatic heterocycles. The van der Waals surface area contributed by atoms with Crippen LogP contribution in [0.15, 0.2) is 72.8 Å². The van der Waals surface area contributed by atoms with Gasteiger partial charge in [-0.1, -0.05) is 54.6 Å². The molecule has 0 unspecified atom stereocenters. The standard InChI is InChI=1S/C21H16O4/c1-25-15-11-12-18(19(13-15)21(23)24)20(22)17-10-6-5-9-16(17)14-7-3-2-4-8-14/h2-13H,1H3,(H,23,24). The van der Waals surface area contributed by atoms with Crippen LogP contribution in [0.2, 0.25) is 0 Å². The van der Waals surface area contributed by atoms with E-state index in [2.05, 4.69) is 0 Å². The third-order valence-corrected chi connectivity index (χ3v) is 3.96. The molecule has 3 aromatic rings. The van der Waals surface area contributed by atoms with Gasteiger partial charge in [0.15, 0.2) is 5.78 Å². The molecule has 0 amide bonds. The summed E-state index contributed by atoms with van der Waals surface area (Å²) in [7, 11) is 1.45. The molecule has 0 spiro atoms. The van der Waals surface area contributed by atoms with Gasteiger partial charge in [0.1, 0.15) is 5.75 Å². The Morgan fingerprint density at radius 2 is 1.48 bits per heavy atom. The molecular weight excluding hydrogens is 316 g/mol. The van der Waals surface area contributed by atoms with Crippen LogP contribution < -0.4 is 4.74 Å². The summed E-state index contributed by atoms with van der Waals surface area (Å²) >= 11 is 0. The lowest BCUT2D eigenvalue weighted by Gasteiger charge is -2.11. The summed E-state index contributed by atoms with van der Waals surface area (Å²) in [4.78, 5) is 24.6. The number of carbonyl (C=O) groups is 2. The van der Waals surface area contributed by atoms with Crippen LogP contribution in [0.3, 0.4) is 0 Å². The van der Waals surface area contributed by atoms with Crippen LogP contribution in [0.25, 0.3) is 11.1 Å². The lowest BCUT2D eigenvalue weighted by atomic mass is 9.92. The van der Waals surface area contributed by atoms with Gasteiger partial charge >= 0.3 is 5.97 Å². The molecule has 0 fully saturated rings. The molecule has 0 radical (unpaired) electrons. The maximum atomic E-state index is 13.1. The maximum absolute atomic E-state index is 13.1. The van der Waals surface area contributed by atoms with Crippen LogP contribution in [0.1, 0.15) is 26.3 Å². The van der Waals surface area contributed by atoms with Gasteiger partial charge < -0.3 is 9.84 Å². The van der Waals surface area contributed by atoms with E-state index in [0.717, 1.165) is 11.1 Å². The summed E-state index contributed by atoms with van der Waals surface area (Å²) in [5.41, 5.74) is 2.18. The summed E-state index contributed by atoms with van der Waals surface area (Å²) in [6, 6.07) is 21.1. The second-order valence-electron chi connectivity index (χ2n) is 5.46. The molecular formula is C21H16O4. The highest BCUT2D eigenvalue weighted by atomic mass is 16.5. The average molecular weight is 332 g/mol. The van der Waals surface area contributed by atoms with E-state index in [-0.39, 0.29) is 16.9 Å². The number of aromatic carboxylic acids is 1. The van der Waals surface area contributed by atoms with E-state index >= 15 is 0 Å². The van der Waals surface area contributed by atoms with Gasteiger partial charge in [-0.2, -0.15) is 0 Å². The van der Waals surface area contributed by atoms with Crippen molar-refractivity contribution < 1.29 is 19.4 Å². The van der Waals surface area contributed by atoms with E-state index in [4.69, 9.17) is 4.74 Å². The molecule has 0 saturated carbocycles. The first-order chi connectivity index (χ1) is 12.1. The molecule has 0 saturated heterocycles.